The van der Waals surface area contributed by atoms with Gasteiger partial charge in [0, 0.05) is 25.7 Å². The van der Waals surface area contributed by atoms with Crippen molar-refractivity contribution in [3.63, 3.8) is 0 Å². The van der Waals surface area contributed by atoms with Gasteiger partial charge in [0.1, 0.15) is 0 Å². The van der Waals surface area contributed by atoms with Crippen LogP contribution in [0.3, 0.4) is 0 Å². The third kappa shape index (κ3) is 9.26. The minimum atomic E-state index is -0.0914. The van der Waals surface area contributed by atoms with Gasteiger partial charge in [0.15, 0.2) is 5.96 Å². The molecule has 0 aromatic carbocycles. The van der Waals surface area contributed by atoms with Crippen LogP contribution in [0.5, 0.6) is 0 Å². The van der Waals surface area contributed by atoms with E-state index < -0.39 is 0 Å². The lowest BCUT2D eigenvalue weighted by Crippen LogP contribution is -2.39. The molecule has 1 aliphatic rings. The van der Waals surface area contributed by atoms with E-state index in [4.69, 9.17) is 5.73 Å². The maximum Gasteiger partial charge on any atom is 0.188 e. The molecule has 5 nitrogen and oxygen atoms in total. The average molecular weight is 313 g/mol. The van der Waals surface area contributed by atoms with E-state index >= 15 is 0 Å². The highest BCUT2D eigenvalue weighted by molar-refractivity contribution is 5.78. The molecule has 1 fully saturated rings. The van der Waals surface area contributed by atoms with E-state index in [1.165, 1.54) is 12.8 Å². The Morgan fingerprint density at radius 3 is 2.55 bits per heavy atom. The summed E-state index contributed by atoms with van der Waals surface area (Å²) in [5, 5.41) is 12.8. The Labute approximate surface area is 136 Å². The molecule has 130 valence electrons. The van der Waals surface area contributed by atoms with Gasteiger partial charge in [-0.05, 0) is 45.1 Å². The first-order valence-corrected chi connectivity index (χ1v) is 8.94. The van der Waals surface area contributed by atoms with Crippen molar-refractivity contribution in [2.75, 3.05) is 26.2 Å². The number of guanidine groups is 1. The number of likely N-dealkylation sites (tertiary alicyclic amines) is 1. The number of hydrogen-bond donors (Lipinski definition) is 3. The zero-order valence-corrected chi connectivity index (χ0v) is 14.7. The first kappa shape index (κ1) is 19.2. The highest BCUT2D eigenvalue weighted by Crippen LogP contribution is 2.10. The number of nitrogens with one attached hydrogen (secondary N) is 1. The minimum absolute atomic E-state index is 0.0914. The van der Waals surface area contributed by atoms with Crippen LogP contribution in [-0.2, 0) is 0 Å². The van der Waals surface area contributed by atoms with Gasteiger partial charge in [0.05, 0.1) is 6.10 Å². The molecule has 0 saturated carbocycles. The first-order chi connectivity index (χ1) is 10.5. The molecule has 1 unspecified atom stereocenters. The Morgan fingerprint density at radius 1 is 1.23 bits per heavy atom. The molecule has 0 aromatic heterocycles. The number of aliphatic imine (C=N–C) groups is 1. The fourth-order valence-electron chi connectivity index (χ4n) is 2.84. The number of aliphatic hydroxyl groups is 1. The van der Waals surface area contributed by atoms with Crippen molar-refractivity contribution in [2.24, 2.45) is 16.6 Å². The minimum Gasteiger partial charge on any atom is -0.393 e. The molecule has 1 heterocycles. The second kappa shape index (κ2) is 10.8. The third-order valence-electron chi connectivity index (χ3n) is 4.28. The molecule has 1 saturated heterocycles. The zero-order chi connectivity index (χ0) is 16.4. The standard InChI is InChI=1S/C17H36N4O/c1-14(2)6-4-7-15(3)20-17(18)19-10-5-11-21-12-8-16(22)9-13-21/h14-16,22H,4-13H2,1-3H3,(H3,18,19,20). The number of aliphatic hydroxyl groups excluding tert-OH is 1. The summed E-state index contributed by atoms with van der Waals surface area (Å²) in [4.78, 5) is 6.82. The van der Waals surface area contributed by atoms with Crippen LogP contribution in [0.4, 0.5) is 0 Å². The van der Waals surface area contributed by atoms with Gasteiger partial charge in [0.2, 0.25) is 0 Å². The van der Waals surface area contributed by atoms with Gasteiger partial charge in [0.25, 0.3) is 0 Å². The van der Waals surface area contributed by atoms with E-state index in [0.717, 1.165) is 57.8 Å². The molecule has 0 spiro atoms. The normalized spacial score (nSPS) is 19.6. The number of rotatable bonds is 9. The lowest BCUT2D eigenvalue weighted by atomic mass is 10.0. The number of nitrogens with two attached hydrogens (primary N) is 1. The van der Waals surface area contributed by atoms with Gasteiger partial charge >= 0.3 is 0 Å². The van der Waals surface area contributed by atoms with E-state index in [9.17, 15) is 5.11 Å². The van der Waals surface area contributed by atoms with Crippen LogP contribution in [-0.4, -0.2) is 54.3 Å². The molecule has 5 heteroatoms. The van der Waals surface area contributed by atoms with Crippen molar-refractivity contribution >= 4 is 5.96 Å². The smallest absolute Gasteiger partial charge is 0.188 e. The largest absolute Gasteiger partial charge is 0.393 e. The zero-order valence-electron chi connectivity index (χ0n) is 14.7. The van der Waals surface area contributed by atoms with Gasteiger partial charge in [-0.15, -0.1) is 0 Å². The summed E-state index contributed by atoms with van der Waals surface area (Å²) in [5.74, 6) is 1.35. The van der Waals surface area contributed by atoms with E-state index in [1.807, 2.05) is 0 Å². The molecule has 1 aliphatic heterocycles. The first-order valence-electron chi connectivity index (χ1n) is 8.94. The van der Waals surface area contributed by atoms with Crippen molar-refractivity contribution in [3.05, 3.63) is 0 Å². The van der Waals surface area contributed by atoms with Crippen LogP contribution in [0.25, 0.3) is 0 Å². The van der Waals surface area contributed by atoms with E-state index in [2.05, 4.69) is 36.0 Å². The fraction of sp³-hybridized carbons (Fsp3) is 0.941. The molecule has 4 N–H and O–H groups in total. The van der Waals surface area contributed by atoms with Crippen LogP contribution in [0.1, 0.15) is 59.3 Å². The molecule has 0 amide bonds. The van der Waals surface area contributed by atoms with Gasteiger partial charge in [-0.2, -0.15) is 0 Å². The topological polar surface area (TPSA) is 73.9 Å². The highest BCUT2D eigenvalue weighted by Gasteiger charge is 2.15. The molecular weight excluding hydrogens is 276 g/mol. The van der Waals surface area contributed by atoms with Crippen molar-refractivity contribution in [2.45, 2.75) is 71.4 Å². The maximum atomic E-state index is 9.47. The number of hydrogen-bond acceptors (Lipinski definition) is 3. The third-order valence-corrected chi connectivity index (χ3v) is 4.28. The Kier molecular flexibility index (Phi) is 9.48. The van der Waals surface area contributed by atoms with Crippen molar-refractivity contribution in [3.8, 4) is 0 Å². The second-order valence-corrected chi connectivity index (χ2v) is 7.06. The number of nitrogens with zero attached hydrogens (tertiary/aromatic N) is 2. The van der Waals surface area contributed by atoms with Gasteiger partial charge in [-0.25, -0.2) is 0 Å². The summed E-state index contributed by atoms with van der Waals surface area (Å²) in [7, 11) is 0. The van der Waals surface area contributed by atoms with Gasteiger partial charge in [-0.3, -0.25) is 4.99 Å². The molecule has 0 aromatic rings. The fourth-order valence-corrected chi connectivity index (χ4v) is 2.84. The highest BCUT2D eigenvalue weighted by atomic mass is 16.3. The summed E-state index contributed by atoms with van der Waals surface area (Å²) in [5.41, 5.74) is 5.94. The molecule has 0 radical (unpaired) electrons. The average Bonchev–Trinajstić information content (AvgIpc) is 2.45. The predicted molar refractivity (Wildman–Crippen MR) is 94.1 cm³/mol. The second-order valence-electron chi connectivity index (χ2n) is 7.06. The molecule has 0 bridgehead atoms. The molecule has 22 heavy (non-hydrogen) atoms. The summed E-state index contributed by atoms with van der Waals surface area (Å²) in [6.07, 6.45) is 6.39. The molecular formula is C17H36N4O. The summed E-state index contributed by atoms with van der Waals surface area (Å²) in [6, 6.07) is 0.395. The van der Waals surface area contributed by atoms with Gasteiger partial charge < -0.3 is 21.1 Å². The predicted octanol–water partition coefficient (Wildman–Crippen LogP) is 1.95. The van der Waals surface area contributed by atoms with Crippen LogP contribution in [0.2, 0.25) is 0 Å². The van der Waals surface area contributed by atoms with Gasteiger partial charge in [-0.1, -0.05) is 26.7 Å². The molecule has 0 aliphatic carbocycles. The molecule has 1 atom stereocenters. The molecule has 1 rings (SSSR count). The summed E-state index contributed by atoms with van der Waals surface area (Å²) >= 11 is 0. The van der Waals surface area contributed by atoms with Crippen molar-refractivity contribution < 1.29 is 5.11 Å². The van der Waals surface area contributed by atoms with Crippen molar-refractivity contribution in [1.82, 2.24) is 10.2 Å². The SMILES string of the molecule is CC(C)CCCC(C)NC(N)=NCCCN1CCC(O)CC1. The Morgan fingerprint density at radius 2 is 1.91 bits per heavy atom. The quantitative estimate of drug-likeness (QED) is 0.346. The maximum absolute atomic E-state index is 9.47. The number of piperidine rings is 1. The Balaban J connectivity index is 2.07. The van der Waals surface area contributed by atoms with Crippen LogP contribution in [0.15, 0.2) is 4.99 Å². The Hall–Kier alpha value is -0.810. The van der Waals surface area contributed by atoms with E-state index in [1.54, 1.807) is 0 Å². The lowest BCUT2D eigenvalue weighted by Gasteiger charge is -2.29. The monoisotopic (exact) mass is 312 g/mol. The van der Waals surface area contributed by atoms with Crippen LogP contribution in [0, 0.1) is 5.92 Å². The lowest BCUT2D eigenvalue weighted by molar-refractivity contribution is 0.0824. The summed E-state index contributed by atoms with van der Waals surface area (Å²) < 4.78 is 0. The van der Waals surface area contributed by atoms with E-state index in [0.29, 0.717) is 12.0 Å². The van der Waals surface area contributed by atoms with Crippen LogP contribution < -0.4 is 11.1 Å². The van der Waals surface area contributed by atoms with Crippen LogP contribution >= 0.6 is 0 Å². The van der Waals surface area contributed by atoms with Crippen molar-refractivity contribution in [1.29, 1.82) is 0 Å². The Bertz CT molecular complexity index is 312. The summed E-state index contributed by atoms with van der Waals surface area (Å²) in [6.45, 7) is 10.5. The van der Waals surface area contributed by atoms with E-state index in [-0.39, 0.29) is 6.10 Å².